The van der Waals surface area contributed by atoms with E-state index in [0.29, 0.717) is 12.8 Å². The number of Topliss-reactive ketones (excluding diaryl/α,β-unsaturated/α-hetero) is 1. The van der Waals surface area contributed by atoms with E-state index in [1.165, 1.54) is 22.8 Å². The van der Waals surface area contributed by atoms with Gasteiger partial charge in [0.15, 0.2) is 0 Å². The van der Waals surface area contributed by atoms with E-state index in [1.54, 1.807) is 18.2 Å². The van der Waals surface area contributed by atoms with Crippen molar-refractivity contribution in [1.29, 1.82) is 0 Å². The number of hydrogen-bond donors (Lipinski definition) is 0. The molecule has 122 valence electrons. The molecule has 0 spiro atoms. The average molecular weight is 355 g/mol. The quantitative estimate of drug-likeness (QED) is 0.788. The fourth-order valence-electron chi connectivity index (χ4n) is 2.67. The summed E-state index contributed by atoms with van der Waals surface area (Å²) in [4.78, 5) is 16.1. The molecule has 1 aliphatic heterocycles. The number of piperidine rings is 1. The summed E-state index contributed by atoms with van der Waals surface area (Å²) in [5.74, 6) is -0.367. The lowest BCUT2D eigenvalue weighted by molar-refractivity contribution is 0.0839. The van der Waals surface area contributed by atoms with Gasteiger partial charge in [-0.3, -0.25) is 4.79 Å². The molecule has 8 heteroatoms. The lowest BCUT2D eigenvalue weighted by atomic mass is 9.93. The lowest BCUT2D eigenvalue weighted by Gasteiger charge is -2.30. The van der Waals surface area contributed by atoms with Crippen LogP contribution in [-0.2, 0) is 10.0 Å². The molecule has 0 aliphatic carbocycles. The van der Waals surface area contributed by atoms with Gasteiger partial charge in [0.25, 0.3) is 5.89 Å². The number of sulfonamides is 1. The van der Waals surface area contributed by atoms with Gasteiger partial charge in [-0.15, -0.1) is 0 Å². The van der Waals surface area contributed by atoms with Crippen LogP contribution in [-0.4, -0.2) is 36.6 Å². The zero-order chi connectivity index (χ0) is 16.4. The molecule has 0 bridgehead atoms. The first kappa shape index (κ1) is 16.2. The number of carbonyl (C=O) groups excluding carboxylic acids is 1. The molecule has 2 aromatic rings. The van der Waals surface area contributed by atoms with Crippen molar-refractivity contribution in [3.05, 3.63) is 47.6 Å². The van der Waals surface area contributed by atoms with Gasteiger partial charge in [-0.1, -0.05) is 23.7 Å². The number of halogens is 1. The van der Waals surface area contributed by atoms with E-state index in [1.807, 2.05) is 0 Å². The normalized spacial score (nSPS) is 17.3. The summed E-state index contributed by atoms with van der Waals surface area (Å²) in [5.41, 5.74) is 0. The van der Waals surface area contributed by atoms with Crippen LogP contribution in [0, 0.1) is 5.92 Å². The van der Waals surface area contributed by atoms with Crippen molar-refractivity contribution in [2.75, 3.05) is 13.1 Å². The van der Waals surface area contributed by atoms with Gasteiger partial charge >= 0.3 is 0 Å². The first-order chi connectivity index (χ1) is 11.0. The molecule has 3 rings (SSSR count). The zero-order valence-corrected chi connectivity index (χ0v) is 13.8. The van der Waals surface area contributed by atoms with Crippen LogP contribution in [0.5, 0.6) is 0 Å². The molecule has 2 heterocycles. The number of ketones is 1. The Kier molecular flexibility index (Phi) is 4.52. The summed E-state index contributed by atoms with van der Waals surface area (Å²) in [7, 11) is -3.64. The summed E-state index contributed by atoms with van der Waals surface area (Å²) >= 11 is 5.99. The monoisotopic (exact) mass is 354 g/mol. The van der Waals surface area contributed by atoms with Crippen molar-refractivity contribution in [2.45, 2.75) is 17.7 Å². The van der Waals surface area contributed by atoms with E-state index in [2.05, 4.69) is 4.98 Å². The molecule has 1 aromatic carbocycles. The smallest absolute Gasteiger partial charge is 0.263 e. The van der Waals surface area contributed by atoms with Crippen LogP contribution in [0.2, 0.25) is 5.02 Å². The van der Waals surface area contributed by atoms with Crippen molar-refractivity contribution in [3.63, 3.8) is 0 Å². The molecule has 0 saturated carbocycles. The first-order valence-corrected chi connectivity index (χ1v) is 9.00. The van der Waals surface area contributed by atoms with E-state index in [9.17, 15) is 13.2 Å². The van der Waals surface area contributed by atoms with Crippen LogP contribution in [0.25, 0.3) is 0 Å². The second-order valence-electron chi connectivity index (χ2n) is 5.31. The Balaban J connectivity index is 1.72. The van der Waals surface area contributed by atoms with E-state index in [4.69, 9.17) is 16.0 Å². The Hall–Kier alpha value is -1.70. The molecule has 1 fully saturated rings. The highest BCUT2D eigenvalue weighted by molar-refractivity contribution is 7.89. The number of benzene rings is 1. The van der Waals surface area contributed by atoms with Crippen LogP contribution in [0.1, 0.15) is 23.5 Å². The molecule has 23 heavy (non-hydrogen) atoms. The first-order valence-electron chi connectivity index (χ1n) is 7.18. The number of hydrogen-bond acceptors (Lipinski definition) is 5. The van der Waals surface area contributed by atoms with Gasteiger partial charge in [-0.05, 0) is 25.0 Å². The minimum Gasteiger partial charge on any atom is -0.442 e. The summed E-state index contributed by atoms with van der Waals surface area (Å²) in [6, 6.07) is 6.36. The lowest BCUT2D eigenvalue weighted by Crippen LogP contribution is -2.40. The van der Waals surface area contributed by atoms with E-state index in [0.717, 1.165) is 0 Å². The molecule has 1 saturated heterocycles. The second kappa shape index (κ2) is 6.43. The van der Waals surface area contributed by atoms with Gasteiger partial charge in [-0.25, -0.2) is 13.4 Å². The maximum absolute atomic E-state index is 12.6. The fraction of sp³-hybridized carbons (Fsp3) is 0.333. The number of carbonyl (C=O) groups is 1. The minimum absolute atomic E-state index is 0.0809. The van der Waals surface area contributed by atoms with Gasteiger partial charge in [-0.2, -0.15) is 4.31 Å². The summed E-state index contributed by atoms with van der Waals surface area (Å²) in [6.07, 6.45) is 3.64. The average Bonchev–Trinajstić information content (AvgIpc) is 3.09. The maximum atomic E-state index is 12.6. The third-order valence-electron chi connectivity index (χ3n) is 3.92. The number of oxazole rings is 1. The van der Waals surface area contributed by atoms with Crippen LogP contribution in [0.3, 0.4) is 0 Å². The van der Waals surface area contributed by atoms with Crippen LogP contribution >= 0.6 is 11.6 Å². The topological polar surface area (TPSA) is 80.5 Å². The standard InChI is InChI=1S/C15H15ClN2O4S/c16-12-3-1-2-4-13(12)23(20,21)18-8-5-11(6-9-18)14(19)15-17-7-10-22-15/h1-4,7,10-11H,5-6,8-9H2. The van der Waals surface area contributed by atoms with Crippen molar-refractivity contribution < 1.29 is 17.6 Å². The Labute approximate surface area is 139 Å². The van der Waals surface area contributed by atoms with Crippen LogP contribution in [0.4, 0.5) is 0 Å². The van der Waals surface area contributed by atoms with E-state index < -0.39 is 10.0 Å². The predicted molar refractivity (Wildman–Crippen MR) is 83.8 cm³/mol. The van der Waals surface area contributed by atoms with Gasteiger partial charge in [0.05, 0.1) is 11.2 Å². The van der Waals surface area contributed by atoms with Crippen LogP contribution < -0.4 is 0 Å². The molecule has 1 aromatic heterocycles. The van der Waals surface area contributed by atoms with Crippen molar-refractivity contribution >= 4 is 27.4 Å². The Morgan fingerprint density at radius 3 is 2.57 bits per heavy atom. The largest absolute Gasteiger partial charge is 0.442 e. The third kappa shape index (κ3) is 3.17. The van der Waals surface area contributed by atoms with Gasteiger partial charge < -0.3 is 4.42 Å². The molecular formula is C15H15ClN2O4S. The fourth-order valence-corrected chi connectivity index (χ4v) is 4.63. The van der Waals surface area contributed by atoms with Crippen molar-refractivity contribution in [2.24, 2.45) is 5.92 Å². The van der Waals surface area contributed by atoms with Gasteiger partial charge in [0.2, 0.25) is 15.8 Å². The molecule has 0 N–H and O–H groups in total. The molecular weight excluding hydrogens is 340 g/mol. The number of nitrogens with zero attached hydrogens (tertiary/aromatic N) is 2. The van der Waals surface area contributed by atoms with Gasteiger partial charge in [0.1, 0.15) is 11.2 Å². The Bertz CT molecular complexity index is 797. The van der Waals surface area contributed by atoms with Crippen molar-refractivity contribution in [1.82, 2.24) is 9.29 Å². The summed E-state index contributed by atoms with van der Waals surface area (Å²) < 4.78 is 31.7. The van der Waals surface area contributed by atoms with E-state index in [-0.39, 0.29) is 40.6 Å². The molecule has 0 unspecified atom stereocenters. The molecule has 0 amide bonds. The predicted octanol–water partition coefficient (Wildman–Crippen LogP) is 2.61. The highest BCUT2D eigenvalue weighted by Gasteiger charge is 2.34. The highest BCUT2D eigenvalue weighted by Crippen LogP contribution is 2.29. The highest BCUT2D eigenvalue weighted by atomic mass is 35.5. The molecule has 1 aliphatic rings. The van der Waals surface area contributed by atoms with E-state index >= 15 is 0 Å². The Morgan fingerprint density at radius 1 is 1.26 bits per heavy atom. The molecule has 6 nitrogen and oxygen atoms in total. The number of rotatable bonds is 4. The van der Waals surface area contributed by atoms with Gasteiger partial charge in [0, 0.05) is 19.0 Å². The zero-order valence-electron chi connectivity index (χ0n) is 12.2. The van der Waals surface area contributed by atoms with Crippen LogP contribution in [0.15, 0.2) is 46.0 Å². The molecule has 0 atom stereocenters. The Morgan fingerprint density at radius 2 is 1.96 bits per heavy atom. The summed E-state index contributed by atoms with van der Waals surface area (Å²) in [5, 5.41) is 0.200. The SMILES string of the molecule is O=C(c1ncco1)C1CCN(S(=O)(=O)c2ccccc2Cl)CC1. The second-order valence-corrected chi connectivity index (χ2v) is 7.62. The molecule has 0 radical (unpaired) electrons. The number of aromatic nitrogens is 1. The maximum Gasteiger partial charge on any atom is 0.263 e. The summed E-state index contributed by atoms with van der Waals surface area (Å²) in [6.45, 7) is 0.537. The minimum atomic E-state index is -3.64. The van der Waals surface area contributed by atoms with Crippen molar-refractivity contribution in [3.8, 4) is 0 Å². The third-order valence-corrected chi connectivity index (χ3v) is 6.32.